The third kappa shape index (κ3) is 3.33. The number of nitrogens with zero attached hydrogens (tertiary/aromatic N) is 3. The van der Waals surface area contributed by atoms with E-state index in [1.807, 2.05) is 5.38 Å². The molecule has 0 radical (unpaired) electrons. The highest BCUT2D eigenvalue weighted by atomic mass is 32.1. The Morgan fingerprint density at radius 2 is 2.09 bits per heavy atom. The van der Waals surface area contributed by atoms with Gasteiger partial charge in [-0.05, 0) is 31.2 Å². The average Bonchev–Trinajstić information content (AvgIpc) is 3.02. The Morgan fingerprint density at radius 1 is 1.35 bits per heavy atom. The van der Waals surface area contributed by atoms with Crippen LogP contribution in [-0.4, -0.2) is 20.8 Å². The van der Waals surface area contributed by atoms with Gasteiger partial charge in [0.15, 0.2) is 4.96 Å². The van der Waals surface area contributed by atoms with Crippen molar-refractivity contribution in [1.29, 1.82) is 0 Å². The second-order valence-electron chi connectivity index (χ2n) is 5.43. The Bertz CT molecular complexity index is 856. The molecule has 120 valence electrons. The Kier molecular flexibility index (Phi) is 4.54. The lowest BCUT2D eigenvalue weighted by atomic mass is 10.1. The summed E-state index contributed by atoms with van der Waals surface area (Å²) in [6.07, 6.45) is 1.73. The van der Waals surface area contributed by atoms with E-state index in [0.29, 0.717) is 11.5 Å². The van der Waals surface area contributed by atoms with Crippen LogP contribution in [0.5, 0.6) is 0 Å². The van der Waals surface area contributed by atoms with Crippen LogP contribution in [0.3, 0.4) is 0 Å². The fourth-order valence-electron chi connectivity index (χ4n) is 2.65. The van der Waals surface area contributed by atoms with Crippen molar-refractivity contribution in [1.82, 2.24) is 14.3 Å². The number of thiazole rings is 1. The van der Waals surface area contributed by atoms with Crippen molar-refractivity contribution in [2.45, 2.75) is 26.4 Å². The molecule has 0 saturated carbocycles. The molecule has 0 amide bonds. The fraction of sp³-hybridized carbons (Fsp3) is 0.294. The van der Waals surface area contributed by atoms with Gasteiger partial charge in [-0.1, -0.05) is 19.1 Å². The highest BCUT2D eigenvalue weighted by Gasteiger charge is 2.16. The average molecular weight is 331 g/mol. The molecule has 2 aromatic heterocycles. The smallest absolute Gasteiger partial charge is 0.258 e. The van der Waals surface area contributed by atoms with E-state index in [4.69, 9.17) is 0 Å². The number of benzene rings is 1. The zero-order valence-corrected chi connectivity index (χ0v) is 13.9. The van der Waals surface area contributed by atoms with Gasteiger partial charge in [0, 0.05) is 30.2 Å². The predicted molar refractivity (Wildman–Crippen MR) is 90.2 cm³/mol. The lowest BCUT2D eigenvalue weighted by Crippen LogP contribution is -2.28. The lowest BCUT2D eigenvalue weighted by Gasteiger charge is -2.27. The maximum atomic E-state index is 13.1. The van der Waals surface area contributed by atoms with Crippen molar-refractivity contribution < 1.29 is 4.39 Å². The molecule has 0 bridgehead atoms. The minimum absolute atomic E-state index is 0.0586. The number of hydrogen-bond donors (Lipinski definition) is 0. The highest BCUT2D eigenvalue weighted by molar-refractivity contribution is 7.15. The maximum absolute atomic E-state index is 13.1. The number of aromatic nitrogens is 2. The molecule has 0 N–H and O–H groups in total. The molecule has 4 nitrogen and oxygen atoms in total. The standard InChI is InChI=1S/C17H18FN3OS/c1-3-20(12(2)13-4-6-14(18)7-5-13)11-15-10-16(22)21-8-9-23-17(21)19-15/h4-10,12H,3,11H2,1-2H3/t12-/m0/s1. The monoisotopic (exact) mass is 331 g/mol. The molecule has 6 heteroatoms. The van der Waals surface area contributed by atoms with Gasteiger partial charge in [0.05, 0.1) is 5.69 Å². The van der Waals surface area contributed by atoms with Crippen LogP contribution in [0, 0.1) is 5.82 Å². The Labute approximate surface area is 137 Å². The molecular weight excluding hydrogens is 313 g/mol. The highest BCUT2D eigenvalue weighted by Crippen LogP contribution is 2.22. The van der Waals surface area contributed by atoms with E-state index >= 15 is 0 Å². The Hall–Kier alpha value is -2.05. The largest absolute Gasteiger partial charge is 0.291 e. The number of rotatable bonds is 5. The first-order valence-corrected chi connectivity index (χ1v) is 8.41. The van der Waals surface area contributed by atoms with Gasteiger partial charge < -0.3 is 0 Å². The van der Waals surface area contributed by atoms with E-state index in [0.717, 1.165) is 17.8 Å². The van der Waals surface area contributed by atoms with Gasteiger partial charge in [-0.3, -0.25) is 14.1 Å². The van der Waals surface area contributed by atoms with Crippen LogP contribution in [0.25, 0.3) is 4.96 Å². The van der Waals surface area contributed by atoms with Crippen molar-refractivity contribution in [2.75, 3.05) is 6.54 Å². The van der Waals surface area contributed by atoms with Gasteiger partial charge in [-0.15, -0.1) is 11.3 Å². The quantitative estimate of drug-likeness (QED) is 0.718. The fourth-order valence-corrected chi connectivity index (χ4v) is 3.39. The van der Waals surface area contributed by atoms with Crippen LogP contribution < -0.4 is 5.56 Å². The summed E-state index contributed by atoms with van der Waals surface area (Å²) in [5, 5.41) is 1.85. The first-order valence-electron chi connectivity index (χ1n) is 7.53. The summed E-state index contributed by atoms with van der Waals surface area (Å²) in [6, 6.07) is 8.24. The topological polar surface area (TPSA) is 37.6 Å². The van der Waals surface area contributed by atoms with Crippen LogP contribution in [0.15, 0.2) is 46.7 Å². The van der Waals surface area contributed by atoms with Crippen molar-refractivity contribution in [2.24, 2.45) is 0 Å². The molecule has 1 atom stereocenters. The van der Waals surface area contributed by atoms with E-state index in [-0.39, 0.29) is 17.4 Å². The van der Waals surface area contributed by atoms with E-state index < -0.39 is 0 Å². The summed E-state index contributed by atoms with van der Waals surface area (Å²) in [7, 11) is 0. The first-order chi connectivity index (χ1) is 11.1. The number of fused-ring (bicyclic) bond motifs is 1. The van der Waals surface area contributed by atoms with E-state index in [9.17, 15) is 9.18 Å². The summed E-state index contributed by atoms with van der Waals surface area (Å²) in [5.41, 5.74) is 1.74. The zero-order valence-electron chi connectivity index (χ0n) is 13.1. The summed E-state index contributed by atoms with van der Waals surface area (Å²) in [4.78, 5) is 19.5. The van der Waals surface area contributed by atoms with Crippen LogP contribution in [0.1, 0.15) is 31.1 Å². The van der Waals surface area contributed by atoms with E-state index in [2.05, 4.69) is 23.7 Å². The molecule has 0 saturated heterocycles. The molecule has 3 aromatic rings. The second kappa shape index (κ2) is 6.60. The molecule has 0 fully saturated rings. The SMILES string of the molecule is CCN(Cc1cc(=O)n2ccsc2n1)[C@@H](C)c1ccc(F)cc1. The normalized spacial score (nSPS) is 12.9. The number of halogens is 1. The van der Waals surface area contributed by atoms with E-state index in [1.54, 1.807) is 28.8 Å². The van der Waals surface area contributed by atoms with Gasteiger partial charge >= 0.3 is 0 Å². The molecule has 0 spiro atoms. The van der Waals surface area contributed by atoms with Gasteiger partial charge in [0.1, 0.15) is 5.82 Å². The molecule has 2 heterocycles. The van der Waals surface area contributed by atoms with Gasteiger partial charge in [0.2, 0.25) is 0 Å². The zero-order chi connectivity index (χ0) is 16.4. The molecular formula is C17H18FN3OS. The summed E-state index contributed by atoms with van der Waals surface area (Å²) in [5.74, 6) is -0.234. The van der Waals surface area contributed by atoms with Gasteiger partial charge in [-0.25, -0.2) is 9.37 Å². The lowest BCUT2D eigenvalue weighted by molar-refractivity contribution is 0.210. The Morgan fingerprint density at radius 3 is 2.78 bits per heavy atom. The van der Waals surface area contributed by atoms with E-state index in [1.165, 1.54) is 23.5 Å². The summed E-state index contributed by atoms with van der Waals surface area (Å²) >= 11 is 1.45. The van der Waals surface area contributed by atoms with Gasteiger partial charge in [-0.2, -0.15) is 0 Å². The molecule has 0 unspecified atom stereocenters. The third-order valence-corrected chi connectivity index (χ3v) is 4.78. The van der Waals surface area contributed by atoms with Gasteiger partial charge in [0.25, 0.3) is 5.56 Å². The van der Waals surface area contributed by atoms with Crippen LogP contribution in [0.4, 0.5) is 4.39 Å². The second-order valence-corrected chi connectivity index (χ2v) is 6.30. The predicted octanol–water partition coefficient (Wildman–Crippen LogP) is 3.48. The molecule has 0 aliphatic rings. The van der Waals surface area contributed by atoms with Crippen molar-refractivity contribution >= 4 is 16.3 Å². The first kappa shape index (κ1) is 15.8. The number of hydrogen-bond acceptors (Lipinski definition) is 4. The molecule has 0 aliphatic heterocycles. The van der Waals surface area contributed by atoms with Crippen molar-refractivity contribution in [3.63, 3.8) is 0 Å². The maximum Gasteiger partial charge on any atom is 0.258 e. The molecule has 23 heavy (non-hydrogen) atoms. The minimum Gasteiger partial charge on any atom is -0.291 e. The summed E-state index contributed by atoms with van der Waals surface area (Å²) in [6.45, 7) is 5.53. The van der Waals surface area contributed by atoms with Crippen LogP contribution in [-0.2, 0) is 6.54 Å². The molecule has 1 aromatic carbocycles. The van der Waals surface area contributed by atoms with Crippen LogP contribution >= 0.6 is 11.3 Å². The molecule has 3 rings (SSSR count). The minimum atomic E-state index is -0.234. The molecule has 0 aliphatic carbocycles. The summed E-state index contributed by atoms with van der Waals surface area (Å²) < 4.78 is 14.6. The third-order valence-electron chi connectivity index (χ3n) is 4.03. The van der Waals surface area contributed by atoms with Crippen molar-refractivity contribution in [3.8, 4) is 0 Å². The van der Waals surface area contributed by atoms with Crippen molar-refractivity contribution in [3.05, 3.63) is 69.3 Å². The Balaban J connectivity index is 1.85. The van der Waals surface area contributed by atoms with Crippen LogP contribution in [0.2, 0.25) is 0 Å².